The van der Waals surface area contributed by atoms with E-state index in [0.717, 1.165) is 18.5 Å². The molecule has 1 aromatic rings. The van der Waals surface area contributed by atoms with E-state index in [4.69, 9.17) is 0 Å². The smallest absolute Gasteiger partial charge is 0.223 e. The van der Waals surface area contributed by atoms with Gasteiger partial charge in [-0.25, -0.2) is 0 Å². The summed E-state index contributed by atoms with van der Waals surface area (Å²) in [7, 11) is 0. The third-order valence-corrected chi connectivity index (χ3v) is 2.34. The number of pyridine rings is 1. The number of rotatable bonds is 1. The molecule has 0 radical (unpaired) electrons. The molecule has 1 aliphatic heterocycles. The Bertz CT molecular complexity index is 403. The monoisotopic (exact) mass is 200 g/mol. The Morgan fingerprint density at radius 2 is 2.47 bits per heavy atom. The molecule has 1 fully saturated rings. The van der Waals surface area contributed by atoms with Crippen molar-refractivity contribution in [1.82, 2.24) is 9.88 Å². The van der Waals surface area contributed by atoms with Crippen LogP contribution < -0.4 is 0 Å². The maximum Gasteiger partial charge on any atom is 0.223 e. The van der Waals surface area contributed by atoms with Crippen LogP contribution in [0.15, 0.2) is 24.5 Å². The number of hydrogen-bond donors (Lipinski definition) is 0. The molecule has 2 rings (SSSR count). The lowest BCUT2D eigenvalue weighted by atomic mass is 10.3. The van der Waals surface area contributed by atoms with Gasteiger partial charge in [-0.3, -0.25) is 9.78 Å². The molecule has 0 saturated carbocycles. The summed E-state index contributed by atoms with van der Waals surface area (Å²) >= 11 is 0. The number of nitrogens with zero attached hydrogens (tertiary/aromatic N) is 2. The molecule has 2 heterocycles. The van der Waals surface area contributed by atoms with Crippen LogP contribution in [-0.2, 0) is 4.79 Å². The Hall–Kier alpha value is -1.82. The molecule has 1 saturated heterocycles. The molecule has 0 spiro atoms. The summed E-state index contributed by atoms with van der Waals surface area (Å²) in [4.78, 5) is 17.0. The van der Waals surface area contributed by atoms with Gasteiger partial charge in [0.25, 0.3) is 0 Å². The van der Waals surface area contributed by atoms with Crippen LogP contribution in [0.3, 0.4) is 0 Å². The third kappa shape index (κ3) is 2.57. The lowest BCUT2D eigenvalue weighted by molar-refractivity contribution is -0.127. The van der Waals surface area contributed by atoms with Crippen LogP contribution in [-0.4, -0.2) is 28.9 Å². The Balaban J connectivity index is 1.93. The van der Waals surface area contributed by atoms with Gasteiger partial charge < -0.3 is 4.90 Å². The SMILES string of the molecule is O=C1CCCN1CC#Cc1cccnc1. The summed E-state index contributed by atoms with van der Waals surface area (Å²) in [5.74, 6) is 6.19. The molecule has 1 amide bonds. The number of carbonyl (C=O) groups excluding carboxylic acids is 1. The Kier molecular flexibility index (Phi) is 2.99. The van der Waals surface area contributed by atoms with E-state index in [1.165, 1.54) is 0 Å². The van der Waals surface area contributed by atoms with Gasteiger partial charge in [0.1, 0.15) is 0 Å². The largest absolute Gasteiger partial charge is 0.332 e. The molecule has 1 aliphatic rings. The summed E-state index contributed by atoms with van der Waals surface area (Å²) in [6, 6.07) is 3.76. The first-order valence-corrected chi connectivity index (χ1v) is 5.03. The number of carbonyl (C=O) groups is 1. The first-order valence-electron chi connectivity index (χ1n) is 5.03. The van der Waals surface area contributed by atoms with Gasteiger partial charge in [-0.1, -0.05) is 11.8 Å². The van der Waals surface area contributed by atoms with Crippen molar-refractivity contribution in [2.75, 3.05) is 13.1 Å². The number of amides is 1. The van der Waals surface area contributed by atoms with E-state index >= 15 is 0 Å². The predicted molar refractivity (Wildman–Crippen MR) is 56.9 cm³/mol. The second-order valence-corrected chi connectivity index (χ2v) is 3.46. The minimum atomic E-state index is 0.218. The Morgan fingerprint density at radius 3 is 3.13 bits per heavy atom. The van der Waals surface area contributed by atoms with Crippen LogP contribution >= 0.6 is 0 Å². The van der Waals surface area contributed by atoms with E-state index in [9.17, 15) is 4.79 Å². The van der Waals surface area contributed by atoms with Gasteiger partial charge in [0.05, 0.1) is 6.54 Å². The molecule has 0 bridgehead atoms. The minimum absolute atomic E-state index is 0.218. The highest BCUT2D eigenvalue weighted by Gasteiger charge is 2.18. The molecule has 0 unspecified atom stereocenters. The van der Waals surface area contributed by atoms with Crippen LogP contribution in [0.25, 0.3) is 0 Å². The topological polar surface area (TPSA) is 33.2 Å². The van der Waals surface area contributed by atoms with Crippen molar-refractivity contribution >= 4 is 5.91 Å². The van der Waals surface area contributed by atoms with Crippen molar-refractivity contribution in [3.63, 3.8) is 0 Å². The van der Waals surface area contributed by atoms with Gasteiger partial charge in [0.15, 0.2) is 0 Å². The van der Waals surface area contributed by atoms with Gasteiger partial charge in [0.2, 0.25) is 5.91 Å². The van der Waals surface area contributed by atoms with Crippen LogP contribution in [0.2, 0.25) is 0 Å². The highest BCUT2D eigenvalue weighted by Crippen LogP contribution is 2.07. The maximum absolute atomic E-state index is 11.3. The molecule has 0 N–H and O–H groups in total. The fourth-order valence-corrected chi connectivity index (χ4v) is 1.54. The molecule has 1 aromatic heterocycles. The van der Waals surface area contributed by atoms with Gasteiger partial charge >= 0.3 is 0 Å². The van der Waals surface area contributed by atoms with Gasteiger partial charge in [-0.15, -0.1) is 0 Å². The zero-order valence-corrected chi connectivity index (χ0v) is 8.44. The lowest BCUT2D eigenvalue weighted by Crippen LogP contribution is -2.24. The van der Waals surface area contributed by atoms with Crippen molar-refractivity contribution in [3.05, 3.63) is 30.1 Å². The summed E-state index contributed by atoms with van der Waals surface area (Å²) in [6.45, 7) is 1.38. The molecule has 0 aromatic carbocycles. The van der Waals surface area contributed by atoms with Crippen molar-refractivity contribution in [2.24, 2.45) is 0 Å². The zero-order valence-electron chi connectivity index (χ0n) is 8.44. The molecule has 15 heavy (non-hydrogen) atoms. The highest BCUT2D eigenvalue weighted by atomic mass is 16.2. The predicted octanol–water partition coefficient (Wildman–Crippen LogP) is 1.06. The van der Waals surface area contributed by atoms with Gasteiger partial charge in [0, 0.05) is 30.9 Å². The third-order valence-electron chi connectivity index (χ3n) is 2.34. The van der Waals surface area contributed by atoms with E-state index < -0.39 is 0 Å². The second-order valence-electron chi connectivity index (χ2n) is 3.46. The molecule has 3 nitrogen and oxygen atoms in total. The average molecular weight is 200 g/mol. The van der Waals surface area contributed by atoms with Crippen LogP contribution in [0.5, 0.6) is 0 Å². The van der Waals surface area contributed by atoms with E-state index in [1.54, 1.807) is 17.3 Å². The number of likely N-dealkylation sites (tertiary alicyclic amines) is 1. The van der Waals surface area contributed by atoms with E-state index in [2.05, 4.69) is 16.8 Å². The highest BCUT2D eigenvalue weighted by molar-refractivity contribution is 5.78. The average Bonchev–Trinajstić information content (AvgIpc) is 2.66. The Labute approximate surface area is 89.1 Å². The van der Waals surface area contributed by atoms with E-state index in [0.29, 0.717) is 13.0 Å². The van der Waals surface area contributed by atoms with Crippen molar-refractivity contribution < 1.29 is 4.79 Å². The maximum atomic E-state index is 11.3. The summed E-state index contributed by atoms with van der Waals surface area (Å²) in [5.41, 5.74) is 0.893. The van der Waals surface area contributed by atoms with Crippen LogP contribution in [0, 0.1) is 11.8 Å². The first kappa shape index (κ1) is 9.72. The molecular weight excluding hydrogens is 188 g/mol. The van der Waals surface area contributed by atoms with Crippen molar-refractivity contribution in [2.45, 2.75) is 12.8 Å². The van der Waals surface area contributed by atoms with E-state index in [1.807, 2.05) is 12.1 Å². The second kappa shape index (κ2) is 4.61. The fraction of sp³-hybridized carbons (Fsp3) is 0.333. The Morgan fingerprint density at radius 1 is 1.53 bits per heavy atom. The molecule has 0 aliphatic carbocycles. The molecular formula is C12H12N2O. The van der Waals surface area contributed by atoms with E-state index in [-0.39, 0.29) is 5.91 Å². The quantitative estimate of drug-likeness (QED) is 0.635. The first-order chi connectivity index (χ1) is 7.36. The van der Waals surface area contributed by atoms with Crippen molar-refractivity contribution in [1.29, 1.82) is 0 Å². The summed E-state index contributed by atoms with van der Waals surface area (Å²) < 4.78 is 0. The number of aromatic nitrogens is 1. The summed E-state index contributed by atoms with van der Waals surface area (Å²) in [5, 5.41) is 0. The summed E-state index contributed by atoms with van der Waals surface area (Å²) in [6.07, 6.45) is 5.08. The minimum Gasteiger partial charge on any atom is -0.332 e. The molecule has 76 valence electrons. The molecule has 3 heteroatoms. The standard InChI is InChI=1S/C12H12N2O/c15-12-6-3-9-14(12)8-2-5-11-4-1-7-13-10-11/h1,4,7,10H,3,6,8-9H2. The lowest BCUT2D eigenvalue weighted by Gasteiger charge is -2.09. The normalized spacial score (nSPS) is 14.9. The van der Waals surface area contributed by atoms with Gasteiger partial charge in [-0.2, -0.15) is 0 Å². The number of hydrogen-bond acceptors (Lipinski definition) is 2. The van der Waals surface area contributed by atoms with Gasteiger partial charge in [-0.05, 0) is 18.6 Å². The van der Waals surface area contributed by atoms with Crippen LogP contribution in [0.1, 0.15) is 18.4 Å². The van der Waals surface area contributed by atoms with Crippen LogP contribution in [0.4, 0.5) is 0 Å². The zero-order chi connectivity index (χ0) is 10.5. The fourth-order valence-electron chi connectivity index (χ4n) is 1.54. The van der Waals surface area contributed by atoms with Crippen molar-refractivity contribution in [3.8, 4) is 11.8 Å². The molecule has 0 atom stereocenters.